The zero-order chi connectivity index (χ0) is 29.4. The molecular weight excluding hydrogens is 512 g/mol. The highest BCUT2D eigenvalue weighted by Gasteiger charge is 2.81. The molecule has 3 saturated heterocycles. The molecule has 1 spiro atoms. The molecule has 0 aromatic heterocycles. The fourth-order valence-electron chi connectivity index (χ4n) is 7.08. The van der Waals surface area contributed by atoms with Gasteiger partial charge in [0.1, 0.15) is 29.9 Å². The Bertz CT molecular complexity index is 1150. The summed E-state index contributed by atoms with van der Waals surface area (Å²) in [5.74, 6) is -2.65. The summed E-state index contributed by atoms with van der Waals surface area (Å²) in [5, 5.41) is 10.6. The van der Waals surface area contributed by atoms with E-state index in [0.29, 0.717) is 24.3 Å². The van der Waals surface area contributed by atoms with Crippen molar-refractivity contribution in [3.8, 4) is 5.75 Å². The maximum absolute atomic E-state index is 14.7. The number of esters is 1. The number of nitrogens with zero attached hydrogens (tertiary/aromatic N) is 2. The molecule has 1 N–H and O–H groups in total. The van der Waals surface area contributed by atoms with Crippen molar-refractivity contribution >= 4 is 23.5 Å². The van der Waals surface area contributed by atoms with Gasteiger partial charge in [0.15, 0.2) is 0 Å². The van der Waals surface area contributed by atoms with Crippen molar-refractivity contribution < 1.29 is 33.7 Å². The zero-order valence-corrected chi connectivity index (χ0v) is 24.2. The number of hydrogen-bond acceptors (Lipinski definition) is 7. The molecule has 218 valence electrons. The number of aliphatic hydroxyl groups excluding tert-OH is 1. The molecule has 9 nitrogen and oxygen atoms in total. The second kappa shape index (κ2) is 11.4. The third kappa shape index (κ3) is 4.43. The summed E-state index contributed by atoms with van der Waals surface area (Å²) >= 11 is 0. The summed E-state index contributed by atoms with van der Waals surface area (Å²) in [5.41, 5.74) is -1.64. The van der Waals surface area contributed by atoms with Crippen LogP contribution in [0.1, 0.15) is 40.5 Å². The fourth-order valence-corrected chi connectivity index (χ4v) is 7.08. The summed E-state index contributed by atoms with van der Waals surface area (Å²) in [7, 11) is 1.57. The van der Waals surface area contributed by atoms with E-state index < -0.39 is 41.1 Å². The molecule has 4 rings (SSSR count). The molecule has 0 aliphatic carbocycles. The Balaban J connectivity index is 1.88. The second-order valence-electron chi connectivity index (χ2n) is 11.4. The van der Waals surface area contributed by atoms with Crippen LogP contribution in [0, 0.1) is 23.7 Å². The lowest BCUT2D eigenvalue weighted by Gasteiger charge is -2.41. The minimum atomic E-state index is -1.26. The Hall–Kier alpha value is -3.17. The summed E-state index contributed by atoms with van der Waals surface area (Å²) in [6.07, 6.45) is 4.21. The molecule has 3 fully saturated rings. The van der Waals surface area contributed by atoms with E-state index in [1.54, 1.807) is 42.4 Å². The lowest BCUT2D eigenvalue weighted by Crippen LogP contribution is -2.60. The molecule has 2 bridgehead atoms. The molecule has 3 unspecified atom stereocenters. The summed E-state index contributed by atoms with van der Waals surface area (Å²) in [6.45, 7) is 15.1. The average molecular weight is 555 g/mol. The first-order valence-electron chi connectivity index (χ1n) is 14.0. The Labute approximate surface area is 236 Å². The van der Waals surface area contributed by atoms with E-state index in [1.165, 1.54) is 11.0 Å². The van der Waals surface area contributed by atoms with Crippen LogP contribution in [0.15, 0.2) is 49.6 Å². The van der Waals surface area contributed by atoms with Crippen molar-refractivity contribution in [2.75, 3.05) is 31.8 Å². The van der Waals surface area contributed by atoms with E-state index in [0.717, 1.165) is 0 Å². The van der Waals surface area contributed by atoms with E-state index in [2.05, 4.69) is 13.2 Å². The maximum Gasteiger partial charge on any atom is 0.313 e. The van der Waals surface area contributed by atoms with Gasteiger partial charge < -0.3 is 29.1 Å². The predicted octanol–water partition coefficient (Wildman–Crippen LogP) is 3.36. The van der Waals surface area contributed by atoms with E-state index >= 15 is 0 Å². The number of likely N-dealkylation sites (tertiary alicyclic amines) is 1. The number of benzene rings is 1. The Morgan fingerprint density at radius 2 is 1.95 bits per heavy atom. The minimum absolute atomic E-state index is 0.0104. The van der Waals surface area contributed by atoms with E-state index in [1.807, 2.05) is 27.7 Å². The number of hydrogen-bond donors (Lipinski definition) is 1. The number of fused-ring (bicyclic) bond motifs is 1. The summed E-state index contributed by atoms with van der Waals surface area (Å²) in [6, 6.07) is 5.39. The van der Waals surface area contributed by atoms with Crippen molar-refractivity contribution in [1.29, 1.82) is 0 Å². The van der Waals surface area contributed by atoms with Gasteiger partial charge in [-0.3, -0.25) is 14.4 Å². The fraction of sp³-hybridized carbons (Fsp3) is 0.581. The number of aliphatic hydroxyl groups is 1. The number of ether oxygens (including phenoxy) is 3. The van der Waals surface area contributed by atoms with Crippen LogP contribution in [0.3, 0.4) is 0 Å². The molecule has 3 aliphatic heterocycles. The largest absolute Gasteiger partial charge is 0.497 e. The van der Waals surface area contributed by atoms with Gasteiger partial charge in [0.25, 0.3) is 5.91 Å². The van der Waals surface area contributed by atoms with Crippen LogP contribution in [-0.2, 0) is 23.9 Å². The smallest absolute Gasteiger partial charge is 0.313 e. The molecule has 0 radical (unpaired) electrons. The van der Waals surface area contributed by atoms with Crippen LogP contribution >= 0.6 is 0 Å². The van der Waals surface area contributed by atoms with Crippen LogP contribution in [-0.4, -0.2) is 77.9 Å². The van der Waals surface area contributed by atoms with Crippen LogP contribution in [0.25, 0.3) is 0 Å². The van der Waals surface area contributed by atoms with Crippen molar-refractivity contribution in [3.63, 3.8) is 0 Å². The van der Waals surface area contributed by atoms with Gasteiger partial charge in [0.2, 0.25) is 5.91 Å². The molecule has 8 atom stereocenters. The molecule has 3 aliphatic rings. The van der Waals surface area contributed by atoms with Crippen LogP contribution in [0.2, 0.25) is 0 Å². The van der Waals surface area contributed by atoms with E-state index in [-0.39, 0.29) is 43.4 Å². The highest BCUT2D eigenvalue weighted by Crippen LogP contribution is 2.66. The molecule has 40 heavy (non-hydrogen) atoms. The minimum Gasteiger partial charge on any atom is -0.497 e. The Morgan fingerprint density at radius 3 is 2.50 bits per heavy atom. The standard InChI is InChI=1S/C31H42N2O7/c1-8-15-32(21-11-13-22(38-7)14-12-21)28(36)26-31-17-20(5)30(6,40-31)25(29(37)39-16-9-2)24(31)27(35)33(26)23(18-34)19(4)10-3/h8-9,11-14,19-20,23-26,34H,1-2,10,15-18H2,3-7H3/t19-,20?,23-,24-,25+,26?,30-,31?/m0/s1. The van der Waals surface area contributed by atoms with Gasteiger partial charge in [-0.15, -0.1) is 6.58 Å². The molecule has 2 amide bonds. The lowest BCUT2D eigenvalue weighted by atomic mass is 9.62. The van der Waals surface area contributed by atoms with Gasteiger partial charge >= 0.3 is 5.97 Å². The first-order chi connectivity index (χ1) is 19.1. The van der Waals surface area contributed by atoms with E-state index in [9.17, 15) is 19.5 Å². The van der Waals surface area contributed by atoms with E-state index in [4.69, 9.17) is 14.2 Å². The SMILES string of the molecule is C=CCOC(=O)[C@H]1[C@H]2C(=O)N([C@@H](CO)[C@@H](C)CC)C(C(=O)N(CC=C)c3ccc(OC)cc3)C23CC(C)[C@]1(C)O3. The maximum atomic E-state index is 14.7. The summed E-state index contributed by atoms with van der Waals surface area (Å²) in [4.78, 5) is 45.7. The number of anilines is 1. The predicted molar refractivity (Wildman–Crippen MR) is 151 cm³/mol. The first-order valence-corrected chi connectivity index (χ1v) is 14.0. The van der Waals surface area contributed by atoms with Gasteiger partial charge in [0, 0.05) is 12.2 Å². The van der Waals surface area contributed by atoms with Crippen molar-refractivity contribution in [1.82, 2.24) is 4.90 Å². The van der Waals surface area contributed by atoms with Gasteiger partial charge in [-0.05, 0) is 49.4 Å². The van der Waals surface area contributed by atoms with Crippen LogP contribution < -0.4 is 9.64 Å². The molecule has 0 saturated carbocycles. The number of carbonyl (C=O) groups excluding carboxylic acids is 3. The third-order valence-electron chi connectivity index (χ3n) is 9.39. The zero-order valence-electron chi connectivity index (χ0n) is 24.2. The number of amides is 2. The Kier molecular flexibility index (Phi) is 8.47. The highest BCUT2D eigenvalue weighted by atomic mass is 16.6. The normalized spacial score (nSPS) is 31.9. The number of rotatable bonds is 12. The lowest BCUT2D eigenvalue weighted by molar-refractivity contribution is -0.162. The van der Waals surface area contributed by atoms with Gasteiger partial charge in [-0.1, -0.05) is 45.9 Å². The van der Waals surface area contributed by atoms with Crippen molar-refractivity contribution in [2.45, 2.75) is 63.8 Å². The molecular formula is C31H42N2O7. The number of methoxy groups -OCH3 is 1. The van der Waals surface area contributed by atoms with Crippen molar-refractivity contribution in [2.24, 2.45) is 23.7 Å². The van der Waals surface area contributed by atoms with Crippen LogP contribution in [0.5, 0.6) is 5.75 Å². The van der Waals surface area contributed by atoms with Gasteiger partial charge in [0.05, 0.1) is 31.3 Å². The number of carbonyl (C=O) groups is 3. The van der Waals surface area contributed by atoms with Crippen LogP contribution in [0.4, 0.5) is 5.69 Å². The van der Waals surface area contributed by atoms with Gasteiger partial charge in [-0.2, -0.15) is 0 Å². The third-order valence-corrected chi connectivity index (χ3v) is 9.39. The molecule has 1 aromatic carbocycles. The highest BCUT2D eigenvalue weighted by molar-refractivity contribution is 6.05. The second-order valence-corrected chi connectivity index (χ2v) is 11.4. The molecule has 1 aromatic rings. The summed E-state index contributed by atoms with van der Waals surface area (Å²) < 4.78 is 17.5. The van der Waals surface area contributed by atoms with Gasteiger partial charge in [-0.25, -0.2) is 0 Å². The first kappa shape index (κ1) is 29.8. The average Bonchev–Trinajstić information content (AvgIpc) is 3.47. The van der Waals surface area contributed by atoms with Crippen molar-refractivity contribution in [3.05, 3.63) is 49.6 Å². The Morgan fingerprint density at radius 1 is 1.27 bits per heavy atom. The monoisotopic (exact) mass is 554 g/mol. The molecule has 9 heteroatoms. The molecule has 3 heterocycles. The topological polar surface area (TPSA) is 106 Å². The quantitative estimate of drug-likeness (QED) is 0.312.